The van der Waals surface area contributed by atoms with Crippen molar-refractivity contribution in [1.29, 1.82) is 0 Å². The first kappa shape index (κ1) is 23.5. The topological polar surface area (TPSA) is 113 Å². The van der Waals surface area contributed by atoms with Gasteiger partial charge in [0.25, 0.3) is 5.89 Å². The molecule has 0 saturated carbocycles. The molecule has 2 aromatic carbocycles. The maximum Gasteiger partial charge on any atom is 0.329 e. The molecular weight excluding hydrogens is 426 g/mol. The Hall–Kier alpha value is -4.14. The summed E-state index contributed by atoms with van der Waals surface area (Å²) >= 11 is 0. The van der Waals surface area contributed by atoms with Crippen LogP contribution in [0.5, 0.6) is 11.5 Å². The Labute approximate surface area is 191 Å². The van der Waals surface area contributed by atoms with E-state index in [-0.39, 0.29) is 5.89 Å². The molecule has 0 saturated heterocycles. The number of hydrogen-bond acceptors (Lipinski definition) is 8. The Kier molecular flexibility index (Phi) is 7.80. The summed E-state index contributed by atoms with van der Waals surface area (Å²) in [5, 5.41) is 10.5. The van der Waals surface area contributed by atoms with Gasteiger partial charge >= 0.3 is 5.97 Å². The van der Waals surface area contributed by atoms with Crippen molar-refractivity contribution in [3.05, 3.63) is 66.1 Å². The number of nitrogens with zero attached hydrogens (tertiary/aromatic N) is 2. The van der Waals surface area contributed by atoms with Crippen LogP contribution in [-0.2, 0) is 14.3 Å². The Bertz CT molecular complexity index is 1110. The number of hydrogen-bond donors (Lipinski definition) is 1. The smallest absolute Gasteiger partial charge is 0.329 e. The zero-order valence-corrected chi connectivity index (χ0v) is 18.8. The molecule has 0 spiro atoms. The molecule has 1 aromatic heterocycles. The highest BCUT2D eigenvalue weighted by atomic mass is 16.6. The molecule has 0 fully saturated rings. The van der Waals surface area contributed by atoms with Gasteiger partial charge in [0.2, 0.25) is 11.8 Å². The van der Waals surface area contributed by atoms with Crippen LogP contribution in [0.25, 0.3) is 17.5 Å². The molecule has 1 heterocycles. The molecule has 3 aromatic rings. The molecule has 172 valence electrons. The van der Waals surface area contributed by atoms with Crippen molar-refractivity contribution in [2.75, 3.05) is 14.2 Å². The molecule has 0 aliphatic carbocycles. The van der Waals surface area contributed by atoms with E-state index in [1.807, 2.05) is 12.1 Å². The second-order valence-electron chi connectivity index (χ2n) is 7.09. The number of benzene rings is 2. The number of esters is 1. The summed E-state index contributed by atoms with van der Waals surface area (Å²) in [6.07, 6.45) is 2.19. The first-order valence-electron chi connectivity index (χ1n) is 10.2. The average molecular weight is 451 g/mol. The van der Waals surface area contributed by atoms with Gasteiger partial charge in [0.05, 0.1) is 14.2 Å². The summed E-state index contributed by atoms with van der Waals surface area (Å²) in [5.41, 5.74) is 1.52. The predicted octanol–water partition coefficient (Wildman–Crippen LogP) is 3.58. The van der Waals surface area contributed by atoms with Crippen molar-refractivity contribution in [2.24, 2.45) is 0 Å². The monoisotopic (exact) mass is 451 g/mol. The van der Waals surface area contributed by atoms with E-state index in [1.54, 1.807) is 63.6 Å². The lowest BCUT2D eigenvalue weighted by Gasteiger charge is -2.15. The lowest BCUT2D eigenvalue weighted by atomic mass is 10.2. The molecule has 9 nitrogen and oxygen atoms in total. The molecular formula is C24H25N3O6. The van der Waals surface area contributed by atoms with Gasteiger partial charge in [-0.15, -0.1) is 10.2 Å². The number of carbonyl (C=O) groups is 2. The van der Waals surface area contributed by atoms with Crippen LogP contribution in [0.1, 0.15) is 31.4 Å². The Morgan fingerprint density at radius 2 is 1.55 bits per heavy atom. The lowest BCUT2D eigenvalue weighted by Crippen LogP contribution is -2.39. The molecule has 33 heavy (non-hydrogen) atoms. The van der Waals surface area contributed by atoms with Crippen LogP contribution >= 0.6 is 0 Å². The summed E-state index contributed by atoms with van der Waals surface area (Å²) < 4.78 is 21.2. The van der Waals surface area contributed by atoms with Gasteiger partial charge in [-0.25, -0.2) is 4.79 Å². The minimum atomic E-state index is -0.871. The standard InChI is InChI=1S/C24H25N3O6/c1-15(25-21(28)14-7-17-5-10-19(30-3)11-6-17)24(29)32-16(2)22-26-27-23(33-22)18-8-12-20(31-4)13-9-18/h5-16H,1-4H3,(H,25,28)/b14-7+/t15-,16?/m0/s1. The van der Waals surface area contributed by atoms with Crippen LogP contribution in [0, 0.1) is 0 Å². The number of aromatic nitrogens is 2. The van der Waals surface area contributed by atoms with Gasteiger partial charge in [-0.2, -0.15) is 0 Å². The fourth-order valence-corrected chi connectivity index (χ4v) is 2.78. The fourth-order valence-electron chi connectivity index (χ4n) is 2.78. The minimum absolute atomic E-state index is 0.145. The Morgan fingerprint density at radius 3 is 2.15 bits per heavy atom. The second kappa shape index (κ2) is 10.9. The molecule has 1 unspecified atom stereocenters. The average Bonchev–Trinajstić information content (AvgIpc) is 3.33. The van der Waals surface area contributed by atoms with Gasteiger partial charge in [-0.05, 0) is 61.9 Å². The van der Waals surface area contributed by atoms with Crippen molar-refractivity contribution in [3.63, 3.8) is 0 Å². The summed E-state index contributed by atoms with van der Waals surface area (Å²) in [6.45, 7) is 3.14. The highest BCUT2D eigenvalue weighted by molar-refractivity contribution is 5.94. The molecule has 0 aliphatic rings. The fraction of sp³-hybridized carbons (Fsp3) is 0.250. The summed E-state index contributed by atoms with van der Waals surface area (Å²) in [5.74, 6) is 0.809. The molecule has 0 radical (unpaired) electrons. The van der Waals surface area contributed by atoms with Crippen molar-refractivity contribution in [2.45, 2.75) is 26.0 Å². The van der Waals surface area contributed by atoms with Crippen molar-refractivity contribution in [3.8, 4) is 23.0 Å². The largest absolute Gasteiger partial charge is 0.497 e. The number of methoxy groups -OCH3 is 2. The third-order valence-corrected chi connectivity index (χ3v) is 4.67. The van der Waals surface area contributed by atoms with Gasteiger partial charge in [0.15, 0.2) is 6.10 Å². The second-order valence-corrected chi connectivity index (χ2v) is 7.09. The maximum absolute atomic E-state index is 12.4. The molecule has 2 atom stereocenters. The van der Waals surface area contributed by atoms with Crippen molar-refractivity contribution in [1.82, 2.24) is 15.5 Å². The third-order valence-electron chi connectivity index (χ3n) is 4.67. The van der Waals surface area contributed by atoms with Gasteiger partial charge in [-0.3, -0.25) is 4.79 Å². The lowest BCUT2D eigenvalue weighted by molar-refractivity contribution is -0.152. The van der Waals surface area contributed by atoms with E-state index in [9.17, 15) is 9.59 Å². The highest BCUT2D eigenvalue weighted by Crippen LogP contribution is 2.24. The number of amides is 1. The van der Waals surface area contributed by atoms with Gasteiger partial charge in [0.1, 0.15) is 17.5 Å². The number of rotatable bonds is 9. The first-order chi connectivity index (χ1) is 15.9. The van der Waals surface area contributed by atoms with Crippen LogP contribution in [-0.4, -0.2) is 42.3 Å². The Morgan fingerprint density at radius 1 is 0.939 bits per heavy atom. The normalized spacial score (nSPS) is 12.7. The molecule has 1 amide bonds. The van der Waals surface area contributed by atoms with Crippen molar-refractivity contribution < 1.29 is 28.2 Å². The molecule has 0 aliphatic heterocycles. The van der Waals surface area contributed by atoms with E-state index in [0.717, 1.165) is 11.3 Å². The predicted molar refractivity (Wildman–Crippen MR) is 120 cm³/mol. The number of nitrogens with one attached hydrogen (secondary N) is 1. The van der Waals surface area contributed by atoms with E-state index in [1.165, 1.54) is 13.0 Å². The number of ether oxygens (including phenoxy) is 3. The maximum atomic E-state index is 12.4. The summed E-state index contributed by atoms with van der Waals surface area (Å²) in [7, 11) is 3.16. The molecule has 0 bridgehead atoms. The van der Waals surface area contributed by atoms with E-state index < -0.39 is 24.0 Å². The van der Waals surface area contributed by atoms with E-state index in [2.05, 4.69) is 15.5 Å². The van der Waals surface area contributed by atoms with Crippen LogP contribution in [0.3, 0.4) is 0 Å². The van der Waals surface area contributed by atoms with Crippen LogP contribution in [0.15, 0.2) is 59.0 Å². The van der Waals surface area contributed by atoms with Crippen molar-refractivity contribution >= 4 is 18.0 Å². The zero-order chi connectivity index (χ0) is 23.8. The summed E-state index contributed by atoms with van der Waals surface area (Å²) in [6, 6.07) is 13.4. The first-order valence-corrected chi connectivity index (χ1v) is 10.2. The SMILES string of the molecule is COc1ccc(/C=C/C(=O)N[C@@H](C)C(=O)OC(C)c2nnc(-c3ccc(OC)cc3)o2)cc1. The zero-order valence-electron chi connectivity index (χ0n) is 18.8. The van der Waals surface area contributed by atoms with E-state index >= 15 is 0 Å². The minimum Gasteiger partial charge on any atom is -0.497 e. The highest BCUT2D eigenvalue weighted by Gasteiger charge is 2.23. The third kappa shape index (κ3) is 6.42. The summed E-state index contributed by atoms with van der Waals surface area (Å²) in [4.78, 5) is 24.5. The van der Waals surface area contributed by atoms with E-state index in [0.29, 0.717) is 17.2 Å². The molecule has 9 heteroatoms. The molecule has 3 rings (SSSR count). The van der Waals surface area contributed by atoms with Gasteiger partial charge < -0.3 is 23.9 Å². The van der Waals surface area contributed by atoms with E-state index in [4.69, 9.17) is 18.6 Å². The van der Waals surface area contributed by atoms with Crippen LogP contribution in [0.4, 0.5) is 0 Å². The van der Waals surface area contributed by atoms with Crippen LogP contribution < -0.4 is 14.8 Å². The molecule has 1 N–H and O–H groups in total. The van der Waals surface area contributed by atoms with Gasteiger partial charge in [-0.1, -0.05) is 12.1 Å². The quantitative estimate of drug-likeness (QED) is 0.388. The van der Waals surface area contributed by atoms with Crippen LogP contribution in [0.2, 0.25) is 0 Å². The van der Waals surface area contributed by atoms with Gasteiger partial charge in [0, 0.05) is 11.6 Å². The number of carbonyl (C=O) groups excluding carboxylic acids is 2. The Balaban J connectivity index is 1.52.